The molecule has 21 heavy (non-hydrogen) atoms. The lowest BCUT2D eigenvalue weighted by Crippen LogP contribution is -1.92. The number of pyridine rings is 1. The van der Waals surface area contributed by atoms with Crippen LogP contribution >= 0.6 is 23.2 Å². The summed E-state index contributed by atoms with van der Waals surface area (Å²) in [5.41, 5.74) is 4.14. The zero-order valence-electron chi connectivity index (χ0n) is 11.2. The summed E-state index contributed by atoms with van der Waals surface area (Å²) in [5, 5.41) is 1.69. The second-order valence-electron chi connectivity index (χ2n) is 4.78. The van der Waals surface area contributed by atoms with Crippen LogP contribution in [0.25, 0.3) is 16.5 Å². The van der Waals surface area contributed by atoms with Gasteiger partial charge in [0.25, 0.3) is 0 Å². The standard InChI is InChI=1S/C18H12Cl2N/c1-12(15-4-2-3-13(9-15)11-19)17-8-6-14-5-7-16(20)10-18(14)21-17/h1-10H,11H2. The SMILES string of the molecule is [CH]=C(c1cccc(CCl)c1)c1ccc2ccc(Cl)cc2n1. The molecule has 0 aliphatic rings. The van der Waals surface area contributed by atoms with Crippen LogP contribution in [0.3, 0.4) is 0 Å². The highest BCUT2D eigenvalue weighted by Crippen LogP contribution is 2.24. The number of hydrogen-bond donors (Lipinski definition) is 0. The van der Waals surface area contributed by atoms with Crippen LogP contribution in [0.5, 0.6) is 0 Å². The van der Waals surface area contributed by atoms with Crippen molar-refractivity contribution in [3.8, 4) is 0 Å². The first-order chi connectivity index (χ1) is 10.2. The minimum Gasteiger partial charge on any atom is -0.248 e. The van der Waals surface area contributed by atoms with Gasteiger partial charge in [-0.15, -0.1) is 11.6 Å². The van der Waals surface area contributed by atoms with Gasteiger partial charge in [0.1, 0.15) is 0 Å². The van der Waals surface area contributed by atoms with Gasteiger partial charge in [-0.05, 0) is 35.4 Å². The van der Waals surface area contributed by atoms with Gasteiger partial charge < -0.3 is 0 Å². The van der Waals surface area contributed by atoms with Crippen molar-refractivity contribution in [1.29, 1.82) is 0 Å². The number of aromatic nitrogens is 1. The zero-order chi connectivity index (χ0) is 14.8. The van der Waals surface area contributed by atoms with Gasteiger partial charge in [0.05, 0.1) is 11.2 Å². The highest BCUT2D eigenvalue weighted by atomic mass is 35.5. The summed E-state index contributed by atoms with van der Waals surface area (Å²) in [6.07, 6.45) is 0. The molecule has 1 heterocycles. The Morgan fingerprint density at radius 3 is 2.67 bits per heavy atom. The highest BCUT2D eigenvalue weighted by Gasteiger charge is 2.06. The fourth-order valence-corrected chi connectivity index (χ4v) is 2.54. The Balaban J connectivity index is 2.04. The largest absolute Gasteiger partial charge is 0.248 e. The van der Waals surface area contributed by atoms with Gasteiger partial charge in [-0.25, -0.2) is 4.98 Å². The predicted molar refractivity (Wildman–Crippen MR) is 89.6 cm³/mol. The molecular formula is C18H12Cl2N. The van der Waals surface area contributed by atoms with Crippen molar-refractivity contribution >= 4 is 39.7 Å². The Kier molecular flexibility index (Phi) is 3.96. The summed E-state index contributed by atoms with van der Waals surface area (Å²) in [6, 6.07) is 17.4. The fourth-order valence-electron chi connectivity index (χ4n) is 2.21. The molecule has 2 aromatic carbocycles. The molecular weight excluding hydrogens is 301 g/mol. The number of alkyl halides is 1. The first-order valence-electron chi connectivity index (χ1n) is 6.52. The molecule has 103 valence electrons. The number of hydrogen-bond acceptors (Lipinski definition) is 1. The topological polar surface area (TPSA) is 12.9 Å². The summed E-state index contributed by atoms with van der Waals surface area (Å²) in [7, 11) is 0. The Hall–Kier alpha value is -1.83. The maximum Gasteiger partial charge on any atom is 0.0724 e. The Labute approximate surface area is 133 Å². The molecule has 3 rings (SSSR count). The molecule has 0 atom stereocenters. The van der Waals surface area contributed by atoms with E-state index in [4.69, 9.17) is 29.8 Å². The van der Waals surface area contributed by atoms with E-state index >= 15 is 0 Å². The minimum atomic E-state index is 0.460. The molecule has 0 saturated carbocycles. The first kappa shape index (κ1) is 14.1. The minimum absolute atomic E-state index is 0.460. The van der Waals surface area contributed by atoms with E-state index in [1.807, 2.05) is 54.6 Å². The van der Waals surface area contributed by atoms with E-state index in [2.05, 4.69) is 4.98 Å². The van der Waals surface area contributed by atoms with Gasteiger partial charge in [-0.3, -0.25) is 0 Å². The van der Waals surface area contributed by atoms with Crippen molar-refractivity contribution in [1.82, 2.24) is 4.98 Å². The molecule has 0 spiro atoms. The molecule has 1 aromatic heterocycles. The third kappa shape index (κ3) is 2.94. The maximum atomic E-state index is 6.25. The van der Waals surface area contributed by atoms with E-state index in [-0.39, 0.29) is 0 Å². The Morgan fingerprint density at radius 2 is 1.86 bits per heavy atom. The van der Waals surface area contributed by atoms with Crippen LogP contribution in [0.4, 0.5) is 0 Å². The molecule has 1 nitrogen and oxygen atoms in total. The summed E-state index contributed by atoms with van der Waals surface area (Å²) >= 11 is 11.9. The van der Waals surface area contributed by atoms with Crippen molar-refractivity contribution in [3.63, 3.8) is 0 Å². The second-order valence-corrected chi connectivity index (χ2v) is 5.48. The van der Waals surface area contributed by atoms with Crippen molar-refractivity contribution < 1.29 is 0 Å². The second kappa shape index (κ2) is 5.88. The van der Waals surface area contributed by atoms with Gasteiger partial charge in [-0.2, -0.15) is 0 Å². The van der Waals surface area contributed by atoms with Crippen molar-refractivity contribution in [3.05, 3.63) is 83.0 Å². The van der Waals surface area contributed by atoms with Crippen LogP contribution in [0.15, 0.2) is 54.6 Å². The fraction of sp³-hybridized carbons (Fsp3) is 0.0556. The molecule has 0 bridgehead atoms. The molecule has 0 N–H and O–H groups in total. The van der Waals surface area contributed by atoms with Crippen molar-refractivity contribution in [2.75, 3.05) is 0 Å². The van der Waals surface area contributed by atoms with Crippen LogP contribution in [-0.2, 0) is 5.88 Å². The van der Waals surface area contributed by atoms with E-state index in [0.717, 1.165) is 27.7 Å². The molecule has 0 amide bonds. The summed E-state index contributed by atoms with van der Waals surface area (Å²) in [6.45, 7) is 6.25. The van der Waals surface area contributed by atoms with E-state index in [1.54, 1.807) is 0 Å². The van der Waals surface area contributed by atoms with E-state index in [0.29, 0.717) is 16.5 Å². The van der Waals surface area contributed by atoms with E-state index in [9.17, 15) is 0 Å². The third-order valence-corrected chi connectivity index (χ3v) is 3.87. The lowest BCUT2D eigenvalue weighted by atomic mass is 10.0. The molecule has 0 saturated heterocycles. The van der Waals surface area contributed by atoms with Gasteiger partial charge in [0, 0.05) is 21.9 Å². The molecule has 0 unspecified atom stereocenters. The van der Waals surface area contributed by atoms with Crippen LogP contribution < -0.4 is 0 Å². The molecule has 1 radical (unpaired) electrons. The van der Waals surface area contributed by atoms with E-state index < -0.39 is 0 Å². The summed E-state index contributed by atoms with van der Waals surface area (Å²) in [5.74, 6) is 0.460. The first-order valence-corrected chi connectivity index (χ1v) is 7.43. The lowest BCUT2D eigenvalue weighted by molar-refractivity contribution is 1.33. The van der Waals surface area contributed by atoms with E-state index in [1.165, 1.54) is 0 Å². The number of rotatable bonds is 3. The molecule has 3 heteroatoms. The molecule has 0 aliphatic heterocycles. The Morgan fingerprint density at radius 1 is 1.05 bits per heavy atom. The van der Waals surface area contributed by atoms with Crippen molar-refractivity contribution in [2.24, 2.45) is 0 Å². The third-order valence-electron chi connectivity index (χ3n) is 3.32. The maximum absolute atomic E-state index is 6.25. The molecule has 0 fully saturated rings. The Bertz CT molecular complexity index is 824. The summed E-state index contributed by atoms with van der Waals surface area (Å²) in [4.78, 5) is 4.59. The van der Waals surface area contributed by atoms with Gasteiger partial charge in [0.15, 0.2) is 0 Å². The quantitative estimate of drug-likeness (QED) is 0.582. The van der Waals surface area contributed by atoms with Gasteiger partial charge in [0.2, 0.25) is 0 Å². The lowest BCUT2D eigenvalue weighted by Gasteiger charge is -2.08. The van der Waals surface area contributed by atoms with Gasteiger partial charge >= 0.3 is 0 Å². The average molecular weight is 313 g/mol. The van der Waals surface area contributed by atoms with Crippen LogP contribution in [-0.4, -0.2) is 4.98 Å². The van der Waals surface area contributed by atoms with Crippen molar-refractivity contribution in [2.45, 2.75) is 5.88 Å². The monoisotopic (exact) mass is 312 g/mol. The van der Waals surface area contributed by atoms with Crippen LogP contribution in [0.1, 0.15) is 16.8 Å². The summed E-state index contributed by atoms with van der Waals surface area (Å²) < 4.78 is 0. The molecule has 3 aromatic rings. The highest BCUT2D eigenvalue weighted by molar-refractivity contribution is 6.31. The smallest absolute Gasteiger partial charge is 0.0724 e. The predicted octanol–water partition coefficient (Wildman–Crippen LogP) is 5.49. The number of fused-ring (bicyclic) bond motifs is 1. The molecule has 0 aliphatic carbocycles. The normalized spacial score (nSPS) is 10.8. The number of benzene rings is 2. The zero-order valence-corrected chi connectivity index (χ0v) is 12.7. The van der Waals surface area contributed by atoms with Crippen LogP contribution in [0, 0.1) is 6.58 Å². The average Bonchev–Trinajstić information content (AvgIpc) is 2.53. The number of halogens is 2. The van der Waals surface area contributed by atoms with Gasteiger partial charge in [-0.1, -0.05) is 48.5 Å². The van der Waals surface area contributed by atoms with Crippen LogP contribution in [0.2, 0.25) is 5.02 Å². The number of nitrogens with zero attached hydrogens (tertiary/aromatic N) is 1.